The number of nitrogens with one attached hydrogen (secondary N) is 1. The molecular weight excluding hydrogens is 350 g/mol. The molecule has 2 rings (SSSR count). The van der Waals surface area contributed by atoms with Crippen molar-refractivity contribution in [2.75, 3.05) is 14.2 Å². The average molecular weight is 375 g/mol. The van der Waals surface area contributed by atoms with E-state index in [1.54, 1.807) is 40.4 Å². The first-order valence-electron chi connectivity index (χ1n) is 8.46. The Labute approximate surface area is 158 Å². The van der Waals surface area contributed by atoms with E-state index in [1.165, 1.54) is 7.11 Å². The van der Waals surface area contributed by atoms with Crippen molar-refractivity contribution in [2.45, 2.75) is 38.8 Å². The Morgan fingerprint density at radius 2 is 1.85 bits per heavy atom. The lowest BCUT2D eigenvalue weighted by Gasteiger charge is -2.22. The molecule has 0 aliphatic carbocycles. The van der Waals surface area contributed by atoms with Crippen LogP contribution in [0.25, 0.3) is 5.69 Å². The van der Waals surface area contributed by atoms with Crippen molar-refractivity contribution in [3.05, 3.63) is 42.5 Å². The summed E-state index contributed by atoms with van der Waals surface area (Å²) in [7, 11) is 2.87. The molecule has 146 valence electrons. The molecule has 0 bridgehead atoms. The van der Waals surface area contributed by atoms with Crippen molar-refractivity contribution < 1.29 is 23.8 Å². The topological polar surface area (TPSA) is 91.7 Å². The molecule has 1 heterocycles. The van der Waals surface area contributed by atoms with Crippen LogP contribution < -0.4 is 10.1 Å². The number of imidazole rings is 1. The van der Waals surface area contributed by atoms with E-state index >= 15 is 0 Å². The molecule has 0 spiro atoms. The largest absolute Gasteiger partial charge is 0.497 e. The van der Waals surface area contributed by atoms with Gasteiger partial charge < -0.3 is 24.1 Å². The van der Waals surface area contributed by atoms with Crippen LogP contribution in [0.15, 0.2) is 36.8 Å². The monoisotopic (exact) mass is 375 g/mol. The maximum atomic E-state index is 12.0. The molecule has 0 radical (unpaired) electrons. The van der Waals surface area contributed by atoms with E-state index < -0.39 is 23.7 Å². The zero-order valence-electron chi connectivity index (χ0n) is 16.2. The van der Waals surface area contributed by atoms with Crippen molar-refractivity contribution in [3.63, 3.8) is 0 Å². The van der Waals surface area contributed by atoms with Gasteiger partial charge in [-0.1, -0.05) is 0 Å². The summed E-state index contributed by atoms with van der Waals surface area (Å²) in [5.41, 5.74) is 0.849. The number of hydrogen-bond acceptors (Lipinski definition) is 6. The smallest absolute Gasteiger partial charge is 0.408 e. The summed E-state index contributed by atoms with van der Waals surface area (Å²) in [6.07, 6.45) is 2.91. The molecule has 8 heteroatoms. The van der Waals surface area contributed by atoms with Crippen LogP contribution >= 0.6 is 0 Å². The Hall–Kier alpha value is -3.03. The summed E-state index contributed by atoms with van der Waals surface area (Å²) in [6.45, 7) is 5.24. The molecule has 1 aromatic heterocycles. The summed E-state index contributed by atoms with van der Waals surface area (Å²) in [5.74, 6) is 0.186. The van der Waals surface area contributed by atoms with Gasteiger partial charge in [0.25, 0.3) is 0 Å². The average Bonchev–Trinajstić information content (AvgIpc) is 3.07. The highest BCUT2D eigenvalue weighted by Gasteiger charge is 2.26. The van der Waals surface area contributed by atoms with E-state index in [9.17, 15) is 9.59 Å². The van der Waals surface area contributed by atoms with Crippen molar-refractivity contribution in [3.8, 4) is 11.4 Å². The second-order valence-electron chi connectivity index (χ2n) is 6.90. The molecule has 0 saturated carbocycles. The normalized spacial score (nSPS) is 12.2. The highest BCUT2D eigenvalue weighted by molar-refractivity contribution is 5.81. The summed E-state index contributed by atoms with van der Waals surface area (Å²) in [4.78, 5) is 28.3. The second kappa shape index (κ2) is 8.57. The van der Waals surface area contributed by atoms with Crippen molar-refractivity contribution in [1.82, 2.24) is 14.9 Å². The number of hydrogen-bond donors (Lipinski definition) is 1. The Morgan fingerprint density at radius 1 is 1.19 bits per heavy atom. The fourth-order valence-electron chi connectivity index (χ4n) is 2.36. The maximum Gasteiger partial charge on any atom is 0.408 e. The van der Waals surface area contributed by atoms with Crippen molar-refractivity contribution >= 4 is 12.1 Å². The standard InChI is InChI=1S/C19H25N3O5/c1-19(2,3)27-18(24)21-16(17(23)26-5)10-13-11-22(12-20-13)14-6-8-15(25-4)9-7-14/h6-9,11-12,16H,10H2,1-5H3,(H,21,24)/t16-/m0/s1. The van der Waals surface area contributed by atoms with Crippen LogP contribution in [0.3, 0.4) is 0 Å². The minimum Gasteiger partial charge on any atom is -0.497 e. The van der Waals surface area contributed by atoms with Crippen LogP contribution in [0.5, 0.6) is 5.75 Å². The van der Waals surface area contributed by atoms with Gasteiger partial charge in [0.05, 0.1) is 26.2 Å². The van der Waals surface area contributed by atoms with Crippen LogP contribution in [0.1, 0.15) is 26.5 Å². The van der Waals surface area contributed by atoms with Crippen molar-refractivity contribution in [2.24, 2.45) is 0 Å². The quantitative estimate of drug-likeness (QED) is 0.780. The first-order chi connectivity index (χ1) is 12.7. The number of amides is 1. The fraction of sp³-hybridized carbons (Fsp3) is 0.421. The van der Waals surface area contributed by atoms with Gasteiger partial charge in [0.15, 0.2) is 0 Å². The zero-order valence-corrected chi connectivity index (χ0v) is 16.2. The molecule has 1 N–H and O–H groups in total. The van der Waals surface area contributed by atoms with E-state index in [-0.39, 0.29) is 6.42 Å². The summed E-state index contributed by atoms with van der Waals surface area (Å²) in [5, 5.41) is 2.54. The number of alkyl carbamates (subject to hydrolysis) is 1. The highest BCUT2D eigenvalue weighted by Crippen LogP contribution is 2.16. The van der Waals surface area contributed by atoms with Gasteiger partial charge in [0, 0.05) is 18.3 Å². The predicted molar refractivity (Wildman–Crippen MR) is 99.0 cm³/mol. The van der Waals surface area contributed by atoms with Crippen LogP contribution in [0, 0.1) is 0 Å². The Bertz CT molecular complexity index is 777. The number of carbonyl (C=O) groups excluding carboxylic acids is 2. The molecular formula is C19H25N3O5. The van der Waals surface area contributed by atoms with E-state index in [2.05, 4.69) is 10.3 Å². The maximum absolute atomic E-state index is 12.0. The van der Waals surface area contributed by atoms with Gasteiger partial charge in [0.1, 0.15) is 17.4 Å². The molecule has 1 atom stereocenters. The number of nitrogens with zero attached hydrogens (tertiary/aromatic N) is 2. The van der Waals surface area contributed by atoms with Crippen LogP contribution in [0.2, 0.25) is 0 Å². The van der Waals surface area contributed by atoms with Gasteiger partial charge in [-0.05, 0) is 45.0 Å². The zero-order chi connectivity index (χ0) is 20.0. The number of carbonyl (C=O) groups is 2. The minimum atomic E-state index is -0.899. The van der Waals surface area contributed by atoms with E-state index in [0.717, 1.165) is 11.4 Å². The Morgan fingerprint density at radius 3 is 2.41 bits per heavy atom. The molecule has 0 fully saturated rings. The summed E-state index contributed by atoms with van der Waals surface area (Å²) >= 11 is 0. The molecule has 8 nitrogen and oxygen atoms in total. The third-order valence-electron chi connectivity index (χ3n) is 3.60. The first kappa shape index (κ1) is 20.3. The lowest BCUT2D eigenvalue weighted by molar-refractivity contribution is -0.143. The molecule has 0 aliphatic heterocycles. The predicted octanol–water partition coefficient (Wildman–Crippen LogP) is 2.49. The third kappa shape index (κ3) is 6.02. The van der Waals surface area contributed by atoms with Gasteiger partial charge >= 0.3 is 12.1 Å². The van der Waals surface area contributed by atoms with Crippen LogP contribution in [-0.4, -0.2) is 47.5 Å². The molecule has 1 amide bonds. The highest BCUT2D eigenvalue weighted by atomic mass is 16.6. The number of esters is 1. The summed E-state index contributed by atoms with van der Waals surface area (Å²) in [6, 6.07) is 6.57. The molecule has 0 saturated heterocycles. The minimum absolute atomic E-state index is 0.176. The number of benzene rings is 1. The molecule has 27 heavy (non-hydrogen) atoms. The lowest BCUT2D eigenvalue weighted by Crippen LogP contribution is -2.45. The van der Waals surface area contributed by atoms with E-state index in [4.69, 9.17) is 14.2 Å². The first-order valence-corrected chi connectivity index (χ1v) is 8.46. The van der Waals surface area contributed by atoms with Gasteiger partial charge in [-0.3, -0.25) is 0 Å². The third-order valence-corrected chi connectivity index (χ3v) is 3.60. The fourth-order valence-corrected chi connectivity index (χ4v) is 2.36. The summed E-state index contributed by atoms with van der Waals surface area (Å²) < 4.78 is 16.9. The molecule has 2 aromatic rings. The Kier molecular flexibility index (Phi) is 6.44. The Balaban J connectivity index is 2.10. The van der Waals surface area contributed by atoms with Gasteiger partial charge in [-0.15, -0.1) is 0 Å². The SMILES string of the molecule is COC(=O)[C@H](Cc1cn(-c2ccc(OC)cc2)cn1)NC(=O)OC(C)(C)C. The number of ether oxygens (including phenoxy) is 3. The molecule has 1 aromatic carbocycles. The van der Waals surface area contributed by atoms with Gasteiger partial charge in [-0.2, -0.15) is 0 Å². The van der Waals surface area contributed by atoms with Crippen LogP contribution in [0.4, 0.5) is 4.79 Å². The van der Waals surface area contributed by atoms with E-state index in [0.29, 0.717) is 5.69 Å². The van der Waals surface area contributed by atoms with Gasteiger partial charge in [0.2, 0.25) is 0 Å². The second-order valence-corrected chi connectivity index (χ2v) is 6.90. The van der Waals surface area contributed by atoms with Gasteiger partial charge in [-0.25, -0.2) is 14.6 Å². The number of rotatable bonds is 6. The van der Waals surface area contributed by atoms with Crippen molar-refractivity contribution in [1.29, 1.82) is 0 Å². The number of methoxy groups -OCH3 is 2. The molecule has 0 unspecified atom stereocenters. The van der Waals surface area contributed by atoms with Crippen LogP contribution in [-0.2, 0) is 20.7 Å². The van der Waals surface area contributed by atoms with E-state index in [1.807, 2.05) is 28.8 Å². The molecule has 0 aliphatic rings. The lowest BCUT2D eigenvalue weighted by atomic mass is 10.1. The number of aromatic nitrogens is 2.